The van der Waals surface area contributed by atoms with Gasteiger partial charge < -0.3 is 10.4 Å². The second kappa shape index (κ2) is 5.37. The molecule has 0 unspecified atom stereocenters. The molecule has 4 nitrogen and oxygen atoms in total. The van der Waals surface area contributed by atoms with Crippen LogP contribution in [0.1, 0.15) is 10.5 Å². The van der Waals surface area contributed by atoms with Crippen molar-refractivity contribution < 1.29 is 9.90 Å². The van der Waals surface area contributed by atoms with E-state index in [0.29, 0.717) is 15.2 Å². The van der Waals surface area contributed by atoms with Crippen molar-refractivity contribution in [3.63, 3.8) is 0 Å². The van der Waals surface area contributed by atoms with Crippen LogP contribution in [0.25, 0.3) is 0 Å². The Morgan fingerprint density at radius 1 is 1.39 bits per heavy atom. The normalized spacial score (nSPS) is 10.1. The highest BCUT2D eigenvalue weighted by atomic mass is 79.9. The molecule has 0 radical (unpaired) electrons. The first-order valence-corrected chi connectivity index (χ1v) is 6.15. The number of carbonyl (C=O) groups excluding carboxylic acids is 1. The molecule has 1 amide bonds. The molecule has 2 rings (SSSR count). The Balaban J connectivity index is 2.27. The standard InChI is InChI=1S/C12H8BrClN2O2/c13-8-4-3-7(14)6-9(8)16-12(18)11-10(17)2-1-5-15-11/h1-6,17H,(H,16,18). The van der Waals surface area contributed by atoms with E-state index in [9.17, 15) is 9.90 Å². The first-order valence-electron chi connectivity index (χ1n) is 4.98. The lowest BCUT2D eigenvalue weighted by atomic mass is 10.2. The molecule has 0 aliphatic heterocycles. The van der Waals surface area contributed by atoms with Crippen molar-refractivity contribution in [3.05, 3.63) is 51.7 Å². The molecule has 1 heterocycles. The summed E-state index contributed by atoms with van der Waals surface area (Å²) in [6.45, 7) is 0. The Kier molecular flexibility index (Phi) is 3.84. The topological polar surface area (TPSA) is 62.2 Å². The van der Waals surface area contributed by atoms with E-state index in [-0.39, 0.29) is 11.4 Å². The second-order valence-electron chi connectivity index (χ2n) is 3.45. The average Bonchev–Trinajstić information content (AvgIpc) is 2.34. The van der Waals surface area contributed by atoms with Crippen molar-refractivity contribution in [2.24, 2.45) is 0 Å². The molecule has 1 aromatic heterocycles. The van der Waals surface area contributed by atoms with Gasteiger partial charge in [-0.1, -0.05) is 11.6 Å². The van der Waals surface area contributed by atoms with Crippen molar-refractivity contribution in [1.82, 2.24) is 4.98 Å². The van der Waals surface area contributed by atoms with Crippen molar-refractivity contribution >= 4 is 39.1 Å². The summed E-state index contributed by atoms with van der Waals surface area (Å²) in [6.07, 6.45) is 1.43. The summed E-state index contributed by atoms with van der Waals surface area (Å²) in [7, 11) is 0. The van der Waals surface area contributed by atoms with Crippen LogP contribution in [0.3, 0.4) is 0 Å². The second-order valence-corrected chi connectivity index (χ2v) is 4.74. The molecule has 0 atom stereocenters. The zero-order chi connectivity index (χ0) is 13.1. The van der Waals surface area contributed by atoms with Gasteiger partial charge in [0, 0.05) is 15.7 Å². The zero-order valence-electron chi connectivity index (χ0n) is 9.02. The van der Waals surface area contributed by atoms with Gasteiger partial charge in [0.05, 0.1) is 5.69 Å². The molecule has 0 bridgehead atoms. The van der Waals surface area contributed by atoms with Crippen LogP contribution in [0.5, 0.6) is 5.75 Å². The summed E-state index contributed by atoms with van der Waals surface area (Å²) in [6, 6.07) is 7.95. The van der Waals surface area contributed by atoms with Gasteiger partial charge in [0.25, 0.3) is 5.91 Å². The Hall–Kier alpha value is -1.59. The maximum absolute atomic E-state index is 11.9. The van der Waals surface area contributed by atoms with Gasteiger partial charge in [0.1, 0.15) is 5.75 Å². The molecule has 2 aromatic rings. The zero-order valence-corrected chi connectivity index (χ0v) is 11.4. The van der Waals surface area contributed by atoms with Crippen LogP contribution < -0.4 is 5.32 Å². The molecule has 0 fully saturated rings. The number of halogens is 2. The van der Waals surface area contributed by atoms with Gasteiger partial charge in [-0.2, -0.15) is 0 Å². The highest BCUT2D eigenvalue weighted by molar-refractivity contribution is 9.10. The first kappa shape index (κ1) is 12.9. The number of pyridine rings is 1. The van der Waals surface area contributed by atoms with Gasteiger partial charge in [0.2, 0.25) is 0 Å². The van der Waals surface area contributed by atoms with Crippen LogP contribution in [0, 0.1) is 0 Å². The Labute approximate surface area is 117 Å². The Morgan fingerprint density at radius 3 is 2.89 bits per heavy atom. The van der Waals surface area contributed by atoms with Crippen molar-refractivity contribution in [2.75, 3.05) is 5.32 Å². The molecule has 0 saturated heterocycles. The maximum Gasteiger partial charge on any atom is 0.278 e. The lowest BCUT2D eigenvalue weighted by molar-refractivity contribution is 0.101. The number of rotatable bonds is 2. The average molecular weight is 328 g/mol. The van der Waals surface area contributed by atoms with Gasteiger partial charge in [-0.25, -0.2) is 4.98 Å². The fourth-order valence-corrected chi connectivity index (χ4v) is 1.86. The van der Waals surface area contributed by atoms with E-state index in [1.54, 1.807) is 24.3 Å². The molecular weight excluding hydrogens is 320 g/mol. The third kappa shape index (κ3) is 2.80. The molecule has 0 spiro atoms. The minimum Gasteiger partial charge on any atom is -0.505 e. The van der Waals surface area contributed by atoms with Gasteiger partial charge >= 0.3 is 0 Å². The number of carbonyl (C=O) groups is 1. The molecule has 1 aromatic carbocycles. The minimum atomic E-state index is -0.504. The van der Waals surface area contributed by atoms with E-state index in [1.807, 2.05) is 0 Å². The molecule has 6 heteroatoms. The first-order chi connectivity index (χ1) is 8.58. The largest absolute Gasteiger partial charge is 0.505 e. The van der Waals surface area contributed by atoms with E-state index in [2.05, 4.69) is 26.2 Å². The summed E-state index contributed by atoms with van der Waals surface area (Å²) in [5, 5.41) is 12.6. The summed E-state index contributed by atoms with van der Waals surface area (Å²) in [5.74, 6) is -0.677. The van der Waals surface area contributed by atoms with Gasteiger partial charge in [-0.15, -0.1) is 0 Å². The summed E-state index contributed by atoms with van der Waals surface area (Å²) in [4.78, 5) is 15.7. The number of anilines is 1. The van der Waals surface area contributed by atoms with Crippen LogP contribution in [0.4, 0.5) is 5.69 Å². The fourth-order valence-electron chi connectivity index (χ4n) is 1.35. The SMILES string of the molecule is O=C(Nc1cc(Cl)ccc1Br)c1ncccc1O. The summed E-state index contributed by atoms with van der Waals surface area (Å²) < 4.78 is 0.690. The number of hydrogen-bond acceptors (Lipinski definition) is 3. The van der Waals surface area contributed by atoms with E-state index < -0.39 is 5.91 Å². The van der Waals surface area contributed by atoms with Crippen LogP contribution in [0.15, 0.2) is 41.0 Å². The van der Waals surface area contributed by atoms with Gasteiger partial charge in [-0.05, 0) is 46.3 Å². The molecule has 0 aliphatic rings. The van der Waals surface area contributed by atoms with Crippen molar-refractivity contribution in [2.45, 2.75) is 0 Å². The number of amides is 1. The maximum atomic E-state index is 11.9. The summed E-state index contributed by atoms with van der Waals surface area (Å²) >= 11 is 9.13. The van der Waals surface area contributed by atoms with Crippen molar-refractivity contribution in [3.8, 4) is 5.75 Å². The Bertz CT molecular complexity index is 604. The summed E-state index contributed by atoms with van der Waals surface area (Å²) in [5.41, 5.74) is 0.474. The predicted octanol–water partition coefficient (Wildman–Crippen LogP) is 3.46. The molecular formula is C12H8BrClN2O2. The van der Waals surface area contributed by atoms with E-state index in [4.69, 9.17) is 11.6 Å². The monoisotopic (exact) mass is 326 g/mol. The highest BCUT2D eigenvalue weighted by Gasteiger charge is 2.13. The number of benzene rings is 1. The van der Waals surface area contributed by atoms with Gasteiger partial charge in [0.15, 0.2) is 5.69 Å². The minimum absolute atomic E-state index is 0.0376. The highest BCUT2D eigenvalue weighted by Crippen LogP contribution is 2.26. The lowest BCUT2D eigenvalue weighted by Gasteiger charge is -2.08. The molecule has 0 saturated carbocycles. The van der Waals surface area contributed by atoms with Crippen molar-refractivity contribution in [1.29, 1.82) is 0 Å². The van der Waals surface area contributed by atoms with E-state index >= 15 is 0 Å². The van der Waals surface area contributed by atoms with Crippen LogP contribution in [-0.2, 0) is 0 Å². The molecule has 18 heavy (non-hydrogen) atoms. The number of hydrogen-bond donors (Lipinski definition) is 2. The molecule has 0 aliphatic carbocycles. The van der Waals surface area contributed by atoms with Crippen LogP contribution in [-0.4, -0.2) is 16.0 Å². The lowest BCUT2D eigenvalue weighted by Crippen LogP contribution is -2.14. The Morgan fingerprint density at radius 2 is 2.17 bits per heavy atom. The number of aromatic nitrogens is 1. The smallest absolute Gasteiger partial charge is 0.278 e. The van der Waals surface area contributed by atoms with E-state index in [0.717, 1.165) is 0 Å². The third-order valence-electron chi connectivity index (χ3n) is 2.18. The molecule has 2 N–H and O–H groups in total. The number of nitrogens with one attached hydrogen (secondary N) is 1. The quantitative estimate of drug-likeness (QED) is 0.888. The van der Waals surface area contributed by atoms with Crippen LogP contribution >= 0.6 is 27.5 Å². The predicted molar refractivity (Wildman–Crippen MR) is 73.0 cm³/mol. The number of aromatic hydroxyl groups is 1. The fraction of sp³-hybridized carbons (Fsp3) is 0. The number of nitrogens with zero attached hydrogens (tertiary/aromatic N) is 1. The van der Waals surface area contributed by atoms with E-state index in [1.165, 1.54) is 12.3 Å². The molecule has 92 valence electrons. The third-order valence-corrected chi connectivity index (χ3v) is 3.10. The van der Waals surface area contributed by atoms with Crippen LogP contribution in [0.2, 0.25) is 5.02 Å². The van der Waals surface area contributed by atoms with Gasteiger partial charge in [-0.3, -0.25) is 4.79 Å².